The molecule has 0 spiro atoms. The molecule has 1 aromatic heterocycles. The average Bonchev–Trinajstić information content (AvgIpc) is 3.01. The topological polar surface area (TPSA) is 110 Å². The quantitative estimate of drug-likeness (QED) is 0.601. The van der Waals surface area contributed by atoms with Gasteiger partial charge in [0.1, 0.15) is 22.8 Å². The summed E-state index contributed by atoms with van der Waals surface area (Å²) in [4.78, 5) is 23.5. The number of urea groups is 1. The third kappa shape index (κ3) is 4.12. The van der Waals surface area contributed by atoms with E-state index in [1.807, 2.05) is 0 Å². The van der Waals surface area contributed by atoms with E-state index in [1.165, 1.54) is 18.2 Å². The first-order valence-electron chi connectivity index (χ1n) is 8.21. The number of aromatic nitrogens is 1. The minimum atomic E-state index is -0.664. The van der Waals surface area contributed by atoms with Crippen molar-refractivity contribution in [3.8, 4) is 11.3 Å². The van der Waals surface area contributed by atoms with Crippen molar-refractivity contribution < 1.29 is 18.5 Å². The standard InChI is InChI=1S/C19H16ClFN4O3/c1-10-15(17(25-28-10)16-13(20)3-2-4-14(16)21)18(26)23-9-11-5-7-12(8-6-11)24-19(22)27/h2-8H,9H2,1H3,(H,23,26)(H3,22,24,27). The Hall–Kier alpha value is -3.39. The largest absolute Gasteiger partial charge is 0.360 e. The van der Waals surface area contributed by atoms with Crippen LogP contribution in [0.3, 0.4) is 0 Å². The fraction of sp³-hybridized carbons (Fsp3) is 0.105. The van der Waals surface area contributed by atoms with Crippen LogP contribution < -0.4 is 16.4 Å². The number of benzene rings is 2. The molecule has 1 heterocycles. The first-order chi connectivity index (χ1) is 13.4. The van der Waals surface area contributed by atoms with Crippen molar-refractivity contribution in [1.82, 2.24) is 10.5 Å². The van der Waals surface area contributed by atoms with Crippen LogP contribution in [-0.4, -0.2) is 17.1 Å². The van der Waals surface area contributed by atoms with Crippen LogP contribution in [0.5, 0.6) is 0 Å². The van der Waals surface area contributed by atoms with Gasteiger partial charge in [-0.2, -0.15) is 0 Å². The molecule has 0 fully saturated rings. The molecule has 0 aliphatic rings. The molecule has 0 saturated carbocycles. The Balaban J connectivity index is 1.79. The maximum Gasteiger partial charge on any atom is 0.316 e. The molecule has 28 heavy (non-hydrogen) atoms. The second-order valence-electron chi connectivity index (χ2n) is 5.93. The molecule has 0 bridgehead atoms. The lowest BCUT2D eigenvalue weighted by Crippen LogP contribution is -2.24. The van der Waals surface area contributed by atoms with Gasteiger partial charge in [0.15, 0.2) is 0 Å². The molecule has 9 heteroatoms. The van der Waals surface area contributed by atoms with Crippen molar-refractivity contribution in [2.45, 2.75) is 13.5 Å². The van der Waals surface area contributed by atoms with Crippen LogP contribution >= 0.6 is 11.6 Å². The zero-order valence-corrected chi connectivity index (χ0v) is 15.5. The molecule has 0 aliphatic carbocycles. The number of hydrogen-bond acceptors (Lipinski definition) is 4. The summed E-state index contributed by atoms with van der Waals surface area (Å²) in [5.74, 6) is -0.840. The minimum Gasteiger partial charge on any atom is -0.360 e. The summed E-state index contributed by atoms with van der Waals surface area (Å²) in [6, 6.07) is 10.3. The Morgan fingerprint density at radius 1 is 1.21 bits per heavy atom. The Morgan fingerprint density at radius 3 is 2.57 bits per heavy atom. The van der Waals surface area contributed by atoms with Crippen LogP contribution in [0.1, 0.15) is 21.7 Å². The molecule has 2 aromatic carbocycles. The van der Waals surface area contributed by atoms with E-state index in [-0.39, 0.29) is 34.1 Å². The van der Waals surface area contributed by atoms with Crippen molar-refractivity contribution in [3.63, 3.8) is 0 Å². The zero-order chi connectivity index (χ0) is 20.3. The van der Waals surface area contributed by atoms with Crippen LogP contribution in [0.2, 0.25) is 5.02 Å². The summed E-state index contributed by atoms with van der Waals surface area (Å²) in [6.45, 7) is 1.76. The van der Waals surface area contributed by atoms with E-state index < -0.39 is 17.8 Å². The normalized spacial score (nSPS) is 10.5. The first kappa shape index (κ1) is 19.4. The predicted molar refractivity (Wildman–Crippen MR) is 102 cm³/mol. The second kappa shape index (κ2) is 8.10. The van der Waals surface area contributed by atoms with Gasteiger partial charge in [-0.3, -0.25) is 4.79 Å². The maximum atomic E-state index is 14.2. The number of amides is 3. The summed E-state index contributed by atoms with van der Waals surface area (Å²) < 4.78 is 19.3. The number of anilines is 1. The number of carbonyl (C=O) groups excluding carboxylic acids is 2. The van der Waals surface area contributed by atoms with Gasteiger partial charge in [0, 0.05) is 12.2 Å². The summed E-state index contributed by atoms with van der Waals surface area (Å²) >= 11 is 6.08. The van der Waals surface area contributed by atoms with E-state index in [0.717, 1.165) is 5.56 Å². The molecule has 3 amide bonds. The van der Waals surface area contributed by atoms with E-state index in [1.54, 1.807) is 31.2 Å². The van der Waals surface area contributed by atoms with Gasteiger partial charge in [0.2, 0.25) is 0 Å². The molecular formula is C19H16ClFN4O3. The van der Waals surface area contributed by atoms with Crippen molar-refractivity contribution in [2.75, 3.05) is 5.32 Å². The highest BCUT2D eigenvalue weighted by Crippen LogP contribution is 2.33. The van der Waals surface area contributed by atoms with Gasteiger partial charge < -0.3 is 20.9 Å². The smallest absolute Gasteiger partial charge is 0.316 e. The zero-order valence-electron chi connectivity index (χ0n) is 14.8. The maximum absolute atomic E-state index is 14.2. The monoisotopic (exact) mass is 402 g/mol. The molecule has 7 nitrogen and oxygen atoms in total. The van der Waals surface area contributed by atoms with Crippen molar-refractivity contribution in [3.05, 3.63) is 70.2 Å². The van der Waals surface area contributed by atoms with Crippen LogP contribution in [0.25, 0.3) is 11.3 Å². The van der Waals surface area contributed by atoms with Crippen LogP contribution in [-0.2, 0) is 6.54 Å². The molecule has 0 unspecified atom stereocenters. The lowest BCUT2D eigenvalue weighted by Gasteiger charge is -2.08. The lowest BCUT2D eigenvalue weighted by molar-refractivity contribution is 0.0950. The Morgan fingerprint density at radius 2 is 1.93 bits per heavy atom. The number of primary amides is 1. The highest BCUT2D eigenvalue weighted by molar-refractivity contribution is 6.33. The molecule has 4 N–H and O–H groups in total. The van der Waals surface area contributed by atoms with Crippen molar-refractivity contribution in [1.29, 1.82) is 0 Å². The number of aryl methyl sites for hydroxylation is 1. The van der Waals surface area contributed by atoms with E-state index in [9.17, 15) is 14.0 Å². The van der Waals surface area contributed by atoms with Crippen molar-refractivity contribution in [2.24, 2.45) is 5.73 Å². The van der Waals surface area contributed by atoms with E-state index >= 15 is 0 Å². The summed E-state index contributed by atoms with van der Waals surface area (Å²) in [6.07, 6.45) is 0. The predicted octanol–water partition coefficient (Wildman–Crippen LogP) is 3.86. The fourth-order valence-electron chi connectivity index (χ4n) is 2.65. The highest BCUT2D eigenvalue weighted by Gasteiger charge is 2.25. The van der Waals surface area contributed by atoms with Gasteiger partial charge in [0.05, 0.1) is 10.6 Å². The summed E-state index contributed by atoms with van der Waals surface area (Å²) in [5, 5.41) is 9.12. The van der Waals surface area contributed by atoms with Gasteiger partial charge in [-0.15, -0.1) is 0 Å². The number of nitrogens with one attached hydrogen (secondary N) is 2. The molecule has 3 rings (SSSR count). The number of nitrogens with two attached hydrogens (primary N) is 1. The van der Waals surface area contributed by atoms with Crippen molar-refractivity contribution >= 4 is 29.2 Å². The SMILES string of the molecule is Cc1onc(-c2c(F)cccc2Cl)c1C(=O)NCc1ccc(NC(N)=O)cc1. The summed E-state index contributed by atoms with van der Waals surface area (Å²) in [5.41, 5.74) is 6.53. The van der Waals surface area contributed by atoms with Gasteiger partial charge >= 0.3 is 6.03 Å². The molecule has 0 saturated heterocycles. The molecule has 0 aliphatic heterocycles. The molecule has 144 valence electrons. The Kier molecular flexibility index (Phi) is 5.60. The number of carbonyl (C=O) groups is 2. The Labute approximate surface area is 164 Å². The van der Waals surface area contributed by atoms with Crippen LogP contribution in [0.4, 0.5) is 14.9 Å². The van der Waals surface area contributed by atoms with Crippen LogP contribution in [0.15, 0.2) is 47.0 Å². The molecule has 0 atom stereocenters. The van der Waals surface area contributed by atoms with Gasteiger partial charge in [0.25, 0.3) is 5.91 Å². The van der Waals surface area contributed by atoms with Gasteiger partial charge in [-0.25, -0.2) is 9.18 Å². The molecule has 0 radical (unpaired) electrons. The number of halogens is 2. The molecule has 3 aromatic rings. The van der Waals surface area contributed by atoms with E-state index in [2.05, 4.69) is 15.8 Å². The Bertz CT molecular complexity index is 1010. The number of nitrogens with zero attached hydrogens (tertiary/aromatic N) is 1. The third-order valence-electron chi connectivity index (χ3n) is 3.96. The fourth-order valence-corrected chi connectivity index (χ4v) is 2.91. The highest BCUT2D eigenvalue weighted by atomic mass is 35.5. The van der Waals surface area contributed by atoms with Crippen LogP contribution in [0, 0.1) is 12.7 Å². The van der Waals surface area contributed by atoms with Gasteiger partial charge in [-0.05, 0) is 36.8 Å². The average molecular weight is 403 g/mol. The lowest BCUT2D eigenvalue weighted by atomic mass is 10.0. The first-order valence-corrected chi connectivity index (χ1v) is 8.59. The van der Waals surface area contributed by atoms with E-state index in [0.29, 0.717) is 5.69 Å². The third-order valence-corrected chi connectivity index (χ3v) is 4.28. The second-order valence-corrected chi connectivity index (χ2v) is 6.34. The summed E-state index contributed by atoms with van der Waals surface area (Å²) in [7, 11) is 0. The number of hydrogen-bond donors (Lipinski definition) is 3. The molecular weight excluding hydrogens is 387 g/mol. The minimum absolute atomic E-state index is 0.00745. The van der Waals surface area contributed by atoms with E-state index in [4.69, 9.17) is 21.9 Å². The van der Waals surface area contributed by atoms with Gasteiger partial charge in [-0.1, -0.05) is 35.0 Å². The number of rotatable bonds is 5.